The summed E-state index contributed by atoms with van der Waals surface area (Å²) < 4.78 is 10.3. The minimum absolute atomic E-state index is 0. The molecule has 0 saturated carbocycles. The van der Waals surface area contributed by atoms with Crippen LogP contribution in [-0.2, 0) is 30.1 Å². The van der Waals surface area contributed by atoms with E-state index >= 15 is 0 Å². The van der Waals surface area contributed by atoms with Crippen molar-refractivity contribution in [3.63, 3.8) is 0 Å². The van der Waals surface area contributed by atoms with Crippen LogP contribution in [0.2, 0.25) is 20.1 Å². The molecule has 0 radical (unpaired) electrons. The summed E-state index contributed by atoms with van der Waals surface area (Å²) in [4.78, 5) is 29.4. The molecule has 3 rings (SSSR count). The van der Waals surface area contributed by atoms with Gasteiger partial charge in [-0.05, 0) is 61.2 Å². The van der Waals surface area contributed by atoms with E-state index in [1.165, 1.54) is 0 Å². The van der Waals surface area contributed by atoms with Crippen LogP contribution in [0.5, 0.6) is 0 Å². The number of esters is 2. The molecular formula is C33H36Cl4N2O5. The fourth-order valence-electron chi connectivity index (χ4n) is 4.02. The van der Waals surface area contributed by atoms with Gasteiger partial charge in [0.2, 0.25) is 0 Å². The molecule has 11 heteroatoms. The number of carbonyl (C=O) groups excluding carboxylic acids is 2. The summed E-state index contributed by atoms with van der Waals surface area (Å²) in [5.41, 5.74) is 5.61. The van der Waals surface area contributed by atoms with Crippen molar-refractivity contribution in [2.24, 2.45) is 10.7 Å². The van der Waals surface area contributed by atoms with Crippen LogP contribution in [-0.4, -0.2) is 36.8 Å². The fourth-order valence-corrected chi connectivity index (χ4v) is 4.61. The smallest absolute Gasteiger partial charge is 0.338 e. The van der Waals surface area contributed by atoms with Crippen molar-refractivity contribution < 1.29 is 24.5 Å². The summed E-state index contributed by atoms with van der Waals surface area (Å²) in [6.07, 6.45) is 5.39. The molecule has 0 spiro atoms. The number of aliphatic imine (C=N–C) groups is 1. The third-order valence-corrected chi connectivity index (χ3v) is 7.70. The SMILES string of the molecule is C=CCC(N)(C(=O)OCC)c1ccc(Cl)c(Cl)c1.C=CCC(N=Cc1ccccc1)(C(=O)OCC)c1ccc(Cl)c(Cl)c1.O. The maximum absolute atomic E-state index is 12.8. The van der Waals surface area contributed by atoms with Gasteiger partial charge in [-0.25, -0.2) is 9.59 Å². The Bertz CT molecular complexity index is 1450. The van der Waals surface area contributed by atoms with Crippen LogP contribution in [0.4, 0.5) is 0 Å². The summed E-state index contributed by atoms with van der Waals surface area (Å²) >= 11 is 23.9. The Morgan fingerprint density at radius 2 is 1.27 bits per heavy atom. The van der Waals surface area contributed by atoms with E-state index in [-0.39, 0.29) is 31.5 Å². The first-order valence-corrected chi connectivity index (χ1v) is 14.9. The Hall–Kier alpha value is -3.17. The topological polar surface area (TPSA) is 122 Å². The normalized spacial score (nSPS) is 13.2. The van der Waals surface area contributed by atoms with E-state index in [1.807, 2.05) is 30.3 Å². The van der Waals surface area contributed by atoms with E-state index in [4.69, 9.17) is 61.6 Å². The molecular weight excluding hydrogens is 646 g/mol. The average molecular weight is 682 g/mol. The Balaban J connectivity index is 0.000000453. The first-order chi connectivity index (χ1) is 20.5. The van der Waals surface area contributed by atoms with Crippen molar-refractivity contribution in [3.05, 3.63) is 129 Å². The van der Waals surface area contributed by atoms with E-state index in [2.05, 4.69) is 18.2 Å². The van der Waals surface area contributed by atoms with Gasteiger partial charge in [-0.3, -0.25) is 4.99 Å². The molecule has 0 aromatic heterocycles. The van der Waals surface area contributed by atoms with Gasteiger partial charge in [0.25, 0.3) is 0 Å². The zero-order valence-electron chi connectivity index (χ0n) is 24.5. The number of nitrogens with two attached hydrogens (primary N) is 1. The summed E-state index contributed by atoms with van der Waals surface area (Å²) in [5.74, 6) is -0.969. The lowest BCUT2D eigenvalue weighted by Crippen LogP contribution is -2.45. The van der Waals surface area contributed by atoms with Gasteiger partial charge in [0.15, 0.2) is 5.54 Å². The molecule has 0 bridgehead atoms. The average Bonchev–Trinajstić information content (AvgIpc) is 2.99. The van der Waals surface area contributed by atoms with Gasteiger partial charge in [-0.15, -0.1) is 13.2 Å². The molecule has 0 aliphatic heterocycles. The number of nitrogens with zero attached hydrogens (tertiary/aromatic N) is 1. The lowest BCUT2D eigenvalue weighted by Gasteiger charge is -2.27. The van der Waals surface area contributed by atoms with E-state index in [0.29, 0.717) is 31.2 Å². The molecule has 2 unspecified atom stereocenters. The van der Waals surface area contributed by atoms with Crippen LogP contribution in [0.15, 0.2) is 97.0 Å². The second-order valence-electron chi connectivity index (χ2n) is 9.18. The first kappa shape index (κ1) is 38.9. The Kier molecular flexibility index (Phi) is 16.4. The molecule has 0 aliphatic carbocycles. The van der Waals surface area contributed by atoms with Crippen LogP contribution in [0.25, 0.3) is 0 Å². The number of ether oxygens (including phenoxy) is 2. The first-order valence-electron chi connectivity index (χ1n) is 13.3. The van der Waals surface area contributed by atoms with Gasteiger partial charge in [-0.2, -0.15) is 0 Å². The molecule has 0 amide bonds. The largest absolute Gasteiger partial charge is 0.464 e. The van der Waals surface area contributed by atoms with Crippen molar-refractivity contribution in [2.45, 2.75) is 37.8 Å². The predicted octanol–water partition coefficient (Wildman–Crippen LogP) is 7.91. The van der Waals surface area contributed by atoms with Gasteiger partial charge < -0.3 is 20.7 Å². The van der Waals surface area contributed by atoms with Gasteiger partial charge in [-0.1, -0.05) is 101 Å². The summed E-state index contributed by atoms with van der Waals surface area (Å²) in [5, 5.41) is 1.52. The Morgan fingerprint density at radius 1 is 0.773 bits per heavy atom. The maximum atomic E-state index is 12.8. The van der Waals surface area contributed by atoms with Gasteiger partial charge in [0, 0.05) is 12.6 Å². The molecule has 3 aromatic carbocycles. The Labute approximate surface area is 278 Å². The third kappa shape index (κ3) is 9.92. The monoisotopic (exact) mass is 680 g/mol. The van der Waals surface area contributed by atoms with Gasteiger partial charge >= 0.3 is 11.9 Å². The highest BCUT2D eigenvalue weighted by Crippen LogP contribution is 2.36. The minimum Gasteiger partial charge on any atom is -0.464 e. The van der Waals surface area contributed by atoms with E-state index in [0.717, 1.165) is 5.56 Å². The number of halogens is 4. The van der Waals surface area contributed by atoms with E-state index < -0.39 is 23.0 Å². The molecule has 7 nitrogen and oxygen atoms in total. The van der Waals surface area contributed by atoms with Crippen LogP contribution < -0.4 is 5.73 Å². The standard InChI is InChI=1S/C20H19Cl2NO2.C13H15Cl2NO2.H2O/c1-3-12-20(19(24)25-4-2,16-10-11-17(21)18(22)13-16)23-14-15-8-6-5-7-9-15;1-3-7-13(16,12(17)18-4-2)9-5-6-10(14)11(15)8-9;/h3,5-11,13-14H,1,4,12H2,2H3;3,5-6,8H,1,4,7,16H2,2H3;1H2. The molecule has 0 fully saturated rings. The molecule has 44 heavy (non-hydrogen) atoms. The zero-order valence-corrected chi connectivity index (χ0v) is 27.5. The van der Waals surface area contributed by atoms with Gasteiger partial charge in [0.1, 0.15) is 5.54 Å². The number of hydrogen-bond acceptors (Lipinski definition) is 6. The summed E-state index contributed by atoms with van der Waals surface area (Å²) in [6, 6.07) is 19.4. The van der Waals surface area contributed by atoms with Crippen molar-refractivity contribution in [2.75, 3.05) is 13.2 Å². The highest BCUT2D eigenvalue weighted by Gasteiger charge is 2.40. The van der Waals surface area contributed by atoms with Crippen LogP contribution >= 0.6 is 46.4 Å². The minimum atomic E-state index is -1.29. The fraction of sp³-hybridized carbons (Fsp3) is 0.242. The number of rotatable bonds is 12. The third-order valence-electron chi connectivity index (χ3n) is 6.22. The number of benzene rings is 3. The molecule has 0 heterocycles. The van der Waals surface area contributed by atoms with Crippen molar-refractivity contribution in [3.8, 4) is 0 Å². The molecule has 2 atom stereocenters. The van der Waals surface area contributed by atoms with Crippen LogP contribution in [0.3, 0.4) is 0 Å². The highest BCUT2D eigenvalue weighted by atomic mass is 35.5. The Morgan fingerprint density at radius 3 is 1.77 bits per heavy atom. The van der Waals surface area contributed by atoms with Crippen molar-refractivity contribution in [1.82, 2.24) is 0 Å². The molecule has 236 valence electrons. The molecule has 3 aromatic rings. The zero-order chi connectivity index (χ0) is 32.0. The van der Waals surface area contributed by atoms with E-state index in [9.17, 15) is 9.59 Å². The lowest BCUT2D eigenvalue weighted by atomic mass is 9.87. The lowest BCUT2D eigenvalue weighted by molar-refractivity contribution is -0.150. The highest BCUT2D eigenvalue weighted by molar-refractivity contribution is 6.42. The molecule has 4 N–H and O–H groups in total. The van der Waals surface area contributed by atoms with Crippen molar-refractivity contribution in [1.29, 1.82) is 0 Å². The van der Waals surface area contributed by atoms with E-state index in [1.54, 1.807) is 68.6 Å². The summed E-state index contributed by atoms with van der Waals surface area (Å²) in [7, 11) is 0. The second kappa shape index (κ2) is 18.6. The molecule has 0 saturated heterocycles. The van der Waals surface area contributed by atoms with Crippen molar-refractivity contribution >= 4 is 64.6 Å². The maximum Gasteiger partial charge on any atom is 0.338 e. The predicted molar refractivity (Wildman–Crippen MR) is 181 cm³/mol. The second-order valence-corrected chi connectivity index (χ2v) is 10.8. The van der Waals surface area contributed by atoms with Crippen LogP contribution in [0.1, 0.15) is 43.4 Å². The number of hydrogen-bond donors (Lipinski definition) is 1. The van der Waals surface area contributed by atoms with Crippen LogP contribution in [0, 0.1) is 0 Å². The number of carbonyl (C=O) groups is 2. The quantitative estimate of drug-likeness (QED) is 0.118. The molecule has 0 aliphatic rings. The summed E-state index contributed by atoms with van der Waals surface area (Å²) in [6.45, 7) is 11.4. The van der Waals surface area contributed by atoms with Gasteiger partial charge in [0.05, 0.1) is 33.3 Å².